The van der Waals surface area contributed by atoms with Crippen LogP contribution in [0, 0.1) is 16.7 Å². The fraction of sp³-hybridized carbons (Fsp3) is 0.333. The zero-order valence-corrected chi connectivity index (χ0v) is 22.9. The van der Waals surface area contributed by atoms with Crippen LogP contribution in [0.25, 0.3) is 10.9 Å². The molecule has 1 aliphatic carbocycles. The van der Waals surface area contributed by atoms with E-state index in [-0.39, 0.29) is 5.41 Å². The first-order valence-electron chi connectivity index (χ1n) is 12.4. The van der Waals surface area contributed by atoms with Crippen LogP contribution in [0.4, 0.5) is 11.4 Å². The van der Waals surface area contributed by atoms with Crippen LogP contribution in [0.15, 0.2) is 54.5 Å². The molecule has 1 unspecified atom stereocenters. The molecule has 2 aromatic carbocycles. The molecule has 0 spiro atoms. The summed E-state index contributed by atoms with van der Waals surface area (Å²) >= 11 is 13.0. The van der Waals surface area contributed by atoms with Gasteiger partial charge in [0.05, 0.1) is 32.9 Å². The number of pyridine rings is 1. The molecule has 0 radical (unpaired) electrons. The molecule has 190 valence electrons. The zero-order valence-electron chi connectivity index (χ0n) is 21.4. The minimum Gasteiger partial charge on any atom is -0.383 e. The van der Waals surface area contributed by atoms with Crippen molar-refractivity contribution >= 4 is 53.3 Å². The van der Waals surface area contributed by atoms with Crippen LogP contribution in [0.5, 0.6) is 0 Å². The molecule has 10 heteroatoms. The molecule has 1 saturated carbocycles. The Balaban J connectivity index is 1.60. The number of hydrogen-bond donors (Lipinski definition) is 4. The van der Waals surface area contributed by atoms with Crippen molar-refractivity contribution in [3.05, 3.63) is 75.7 Å². The Morgan fingerprint density at radius 1 is 1.19 bits per heavy atom. The molecule has 4 N–H and O–H groups in total. The number of nitrogens with one attached hydrogen (secondary N) is 4. The lowest BCUT2D eigenvalue weighted by atomic mass is 9.69. The molecule has 7 nitrogen and oxygen atoms in total. The summed E-state index contributed by atoms with van der Waals surface area (Å²) in [6, 6.07) is 14.5. The molecule has 2 aliphatic rings. The predicted octanol–water partition coefficient (Wildman–Crippen LogP) is 5.10. The summed E-state index contributed by atoms with van der Waals surface area (Å²) in [5, 5.41) is 21.1. The van der Waals surface area contributed by atoms with Crippen molar-refractivity contribution in [3.8, 4) is 6.07 Å². The number of rotatable bonds is 7. The van der Waals surface area contributed by atoms with Gasteiger partial charge >= 0.3 is 0 Å². The maximum atomic E-state index is 9.80. The summed E-state index contributed by atoms with van der Waals surface area (Å²) in [4.78, 5) is 4.50. The number of fused-ring (bicyclic) bond motifs is 1. The smallest absolute Gasteiger partial charge is 0.148 e. The van der Waals surface area contributed by atoms with Gasteiger partial charge < -0.3 is 16.1 Å². The van der Waals surface area contributed by atoms with Gasteiger partial charge in [0.15, 0.2) is 0 Å². The van der Waals surface area contributed by atoms with Gasteiger partial charge in [-0.3, -0.25) is 9.99 Å². The molecule has 5 rings (SSSR count). The average molecular weight is 534 g/mol. The Kier molecular flexibility index (Phi) is 6.65. The third-order valence-electron chi connectivity index (χ3n) is 6.72. The Morgan fingerprint density at radius 3 is 2.57 bits per heavy atom. The lowest BCUT2D eigenvalue weighted by molar-refractivity contribution is 0.260. The zero-order chi connectivity index (χ0) is 26.4. The van der Waals surface area contributed by atoms with Gasteiger partial charge in [0, 0.05) is 41.1 Å². The Morgan fingerprint density at radius 2 is 1.92 bits per heavy atom. The largest absolute Gasteiger partial charge is 0.383 e. The van der Waals surface area contributed by atoms with Crippen molar-refractivity contribution in [2.24, 2.45) is 5.41 Å². The van der Waals surface area contributed by atoms with Crippen LogP contribution in [0.3, 0.4) is 0 Å². The number of hydrogen-bond acceptors (Lipinski definition) is 7. The molecule has 1 fully saturated rings. The van der Waals surface area contributed by atoms with Crippen molar-refractivity contribution in [3.63, 3.8) is 0 Å². The molecule has 3 aromatic rings. The highest BCUT2D eigenvalue weighted by Gasteiger charge is 2.38. The fourth-order valence-corrected chi connectivity index (χ4v) is 4.85. The topological polar surface area (TPSA) is 88.0 Å². The molecule has 0 bridgehead atoms. The molecule has 0 saturated heterocycles. The van der Waals surface area contributed by atoms with Crippen molar-refractivity contribution in [2.75, 3.05) is 17.2 Å². The molecular formula is C27H30BCl2N7. The van der Waals surface area contributed by atoms with Crippen LogP contribution in [-0.4, -0.2) is 30.4 Å². The Labute approximate surface area is 228 Å². The lowest BCUT2D eigenvalue weighted by Gasteiger charge is -2.34. The summed E-state index contributed by atoms with van der Waals surface area (Å²) in [6.45, 7) is 7.13. The van der Waals surface area contributed by atoms with E-state index in [2.05, 4.69) is 72.5 Å². The number of hydrazine groups is 2. The minimum atomic E-state index is -0.641. The first kappa shape index (κ1) is 25.5. The normalized spacial score (nSPS) is 17.1. The number of aromatic nitrogens is 1. The number of benzene rings is 2. The Hall–Kier alpha value is -3.12. The van der Waals surface area contributed by atoms with E-state index < -0.39 is 5.44 Å². The van der Waals surface area contributed by atoms with Gasteiger partial charge in [-0.05, 0) is 48.1 Å². The van der Waals surface area contributed by atoms with Crippen molar-refractivity contribution in [2.45, 2.75) is 45.1 Å². The second-order valence-corrected chi connectivity index (χ2v) is 11.9. The number of nitriles is 1. The Bertz CT molecular complexity index is 1410. The van der Waals surface area contributed by atoms with E-state index in [1.54, 1.807) is 6.20 Å². The highest BCUT2D eigenvalue weighted by Crippen LogP contribution is 2.38. The first-order valence-corrected chi connectivity index (χ1v) is 13.2. The number of nitrogens with zero attached hydrogens (tertiary/aromatic N) is 3. The van der Waals surface area contributed by atoms with Gasteiger partial charge in [-0.25, -0.2) is 0 Å². The first-order chi connectivity index (χ1) is 17.6. The van der Waals surface area contributed by atoms with Crippen molar-refractivity contribution in [1.29, 1.82) is 5.26 Å². The van der Waals surface area contributed by atoms with Gasteiger partial charge in [-0.2, -0.15) is 5.26 Å². The maximum Gasteiger partial charge on any atom is 0.148 e. The van der Waals surface area contributed by atoms with Gasteiger partial charge in [-0.15, -0.1) is 5.53 Å². The van der Waals surface area contributed by atoms with Crippen LogP contribution < -0.4 is 21.6 Å². The molecule has 1 aliphatic heterocycles. The van der Waals surface area contributed by atoms with Gasteiger partial charge in [-0.1, -0.05) is 56.1 Å². The van der Waals surface area contributed by atoms with E-state index in [0.717, 1.165) is 28.0 Å². The van der Waals surface area contributed by atoms with E-state index in [0.29, 0.717) is 33.7 Å². The molecule has 2 heterocycles. The van der Waals surface area contributed by atoms with Crippen LogP contribution in [-0.2, 0) is 5.44 Å². The maximum absolute atomic E-state index is 9.80. The van der Waals surface area contributed by atoms with E-state index in [1.807, 2.05) is 36.4 Å². The standard InChI is InChI=1S/C27H30BCl2N7/c1-26(2,3)15-33-24-16(12-31)13-32-25-21(24)10-19(11-22(25)30)34-27(28,17-4-6-18(29)7-5-17)23-14-37(36-35-23)20-8-9-20/h4-7,10-11,13-14,20,34-36H,8-9,15,28H2,1-3H3,(H,32,33). The SMILES string of the molecule is BC(Nc1cc(Cl)c2ncc(C#N)c(NCC(C)(C)C)c2c1)(C1=CN(C2CC2)NN1)c1ccc(Cl)cc1. The average Bonchev–Trinajstić information content (AvgIpc) is 3.58. The molecule has 0 amide bonds. The molecule has 1 aromatic heterocycles. The quantitative estimate of drug-likeness (QED) is 0.314. The molecule has 1 atom stereocenters. The third kappa shape index (κ3) is 5.31. The predicted molar refractivity (Wildman–Crippen MR) is 154 cm³/mol. The summed E-state index contributed by atoms with van der Waals surface area (Å²) < 4.78 is 0. The van der Waals surface area contributed by atoms with E-state index in [1.165, 1.54) is 12.8 Å². The van der Waals surface area contributed by atoms with Gasteiger partial charge in [0.25, 0.3) is 0 Å². The second kappa shape index (κ2) is 9.64. The van der Waals surface area contributed by atoms with Gasteiger partial charge in [0.1, 0.15) is 13.9 Å². The van der Waals surface area contributed by atoms with Crippen LogP contribution in [0.2, 0.25) is 10.0 Å². The highest BCUT2D eigenvalue weighted by atomic mass is 35.5. The molecule has 37 heavy (non-hydrogen) atoms. The monoisotopic (exact) mass is 533 g/mol. The summed E-state index contributed by atoms with van der Waals surface area (Å²) in [6.07, 6.45) is 6.04. The lowest BCUT2D eigenvalue weighted by Crippen LogP contribution is -2.45. The number of halogens is 2. The van der Waals surface area contributed by atoms with Gasteiger partial charge in [0.2, 0.25) is 0 Å². The van der Waals surface area contributed by atoms with Crippen molar-refractivity contribution in [1.82, 2.24) is 21.0 Å². The summed E-state index contributed by atoms with van der Waals surface area (Å²) in [5.74, 6) is 0. The van der Waals surface area contributed by atoms with Crippen LogP contribution >= 0.6 is 23.2 Å². The van der Waals surface area contributed by atoms with E-state index >= 15 is 0 Å². The summed E-state index contributed by atoms with van der Waals surface area (Å²) in [5.41, 5.74) is 10.7. The van der Waals surface area contributed by atoms with E-state index in [9.17, 15) is 5.26 Å². The van der Waals surface area contributed by atoms with E-state index in [4.69, 9.17) is 23.2 Å². The van der Waals surface area contributed by atoms with Crippen molar-refractivity contribution < 1.29 is 0 Å². The minimum absolute atomic E-state index is 0.0240. The third-order valence-corrected chi connectivity index (χ3v) is 7.26. The number of anilines is 2. The molecular weight excluding hydrogens is 504 g/mol. The second-order valence-electron chi connectivity index (χ2n) is 11.1. The van der Waals surface area contributed by atoms with Crippen LogP contribution in [0.1, 0.15) is 44.7 Å². The highest BCUT2D eigenvalue weighted by molar-refractivity contribution is 6.36. The summed E-state index contributed by atoms with van der Waals surface area (Å²) in [7, 11) is 2.12. The fourth-order valence-electron chi connectivity index (χ4n) is 4.46.